The maximum Gasteiger partial charge on any atom is 0.264 e. The number of nitrogens with one attached hydrogen (secondary N) is 1. The van der Waals surface area contributed by atoms with Gasteiger partial charge in [0, 0.05) is 5.71 Å². The summed E-state index contributed by atoms with van der Waals surface area (Å²) in [6.45, 7) is 1.60. The molecule has 0 heterocycles. The number of rotatable bonds is 4. The second-order valence-corrected chi connectivity index (χ2v) is 3.74. The molecule has 0 radical (unpaired) electrons. The van der Waals surface area contributed by atoms with Crippen LogP contribution in [0.15, 0.2) is 0 Å². The highest BCUT2D eigenvalue weighted by atomic mass is 32.2. The predicted octanol–water partition coefficient (Wildman–Crippen LogP) is 0.694. The fraction of sp³-hybridized carbons (Fsp3) is 0.800. The highest BCUT2D eigenvalue weighted by molar-refractivity contribution is 7.85. The fourth-order valence-electron chi connectivity index (χ4n) is 0.520. The molecule has 0 bridgehead atoms. The Kier molecular flexibility index (Phi) is 3.52. The van der Waals surface area contributed by atoms with Gasteiger partial charge in [0.05, 0.1) is 5.75 Å². The van der Waals surface area contributed by atoms with Gasteiger partial charge in [-0.15, -0.1) is 0 Å². The van der Waals surface area contributed by atoms with E-state index in [-0.39, 0.29) is 5.75 Å². The van der Waals surface area contributed by atoms with E-state index in [1.807, 2.05) is 0 Å². The summed E-state index contributed by atoms with van der Waals surface area (Å²) >= 11 is 0. The van der Waals surface area contributed by atoms with Crippen LogP contribution in [-0.2, 0) is 10.1 Å². The van der Waals surface area contributed by atoms with E-state index in [4.69, 9.17) is 9.96 Å². The van der Waals surface area contributed by atoms with Crippen molar-refractivity contribution in [3.8, 4) is 0 Å². The molecule has 60 valence electrons. The van der Waals surface area contributed by atoms with Crippen molar-refractivity contribution >= 4 is 15.8 Å². The van der Waals surface area contributed by atoms with Gasteiger partial charge in [0.2, 0.25) is 0 Å². The van der Waals surface area contributed by atoms with Crippen molar-refractivity contribution in [2.24, 2.45) is 0 Å². The van der Waals surface area contributed by atoms with Gasteiger partial charge in [-0.2, -0.15) is 8.42 Å². The molecule has 0 amide bonds. The standard InChI is InChI=1S/C5H11NO3S/c1-5(6)3-2-4-10(7,8)9/h6H,2-4H2,1H3,(H,7,8,9). The molecule has 0 aromatic heterocycles. The molecule has 0 saturated carbocycles. The smallest absolute Gasteiger partial charge is 0.264 e. The summed E-state index contributed by atoms with van der Waals surface area (Å²) in [5.41, 5.74) is 0.434. The lowest BCUT2D eigenvalue weighted by molar-refractivity contribution is 0.481. The minimum absolute atomic E-state index is 0.247. The molecule has 0 atom stereocenters. The third-order valence-corrected chi connectivity index (χ3v) is 1.76. The van der Waals surface area contributed by atoms with Crippen LogP contribution in [0.3, 0.4) is 0 Å². The third kappa shape index (κ3) is 7.58. The van der Waals surface area contributed by atoms with Crippen LogP contribution in [0.1, 0.15) is 19.8 Å². The van der Waals surface area contributed by atoms with Crippen molar-refractivity contribution in [1.29, 1.82) is 5.41 Å². The van der Waals surface area contributed by atoms with Crippen LogP contribution in [-0.4, -0.2) is 24.4 Å². The number of hydrogen-bond acceptors (Lipinski definition) is 3. The van der Waals surface area contributed by atoms with E-state index in [0.717, 1.165) is 0 Å². The topological polar surface area (TPSA) is 78.2 Å². The molecule has 0 aromatic rings. The molecule has 4 nitrogen and oxygen atoms in total. The van der Waals surface area contributed by atoms with Crippen LogP contribution in [0.4, 0.5) is 0 Å². The Morgan fingerprint density at radius 2 is 2.10 bits per heavy atom. The van der Waals surface area contributed by atoms with Gasteiger partial charge >= 0.3 is 0 Å². The summed E-state index contributed by atoms with van der Waals surface area (Å²) in [5.74, 6) is -0.247. The highest BCUT2D eigenvalue weighted by Crippen LogP contribution is 1.94. The van der Waals surface area contributed by atoms with Crippen LogP contribution in [0.2, 0.25) is 0 Å². The lowest BCUT2D eigenvalue weighted by Gasteiger charge is -1.94. The van der Waals surface area contributed by atoms with Crippen molar-refractivity contribution in [3.63, 3.8) is 0 Å². The SMILES string of the molecule is CC(=N)CCCS(=O)(=O)O. The molecule has 0 aliphatic heterocycles. The van der Waals surface area contributed by atoms with E-state index in [1.54, 1.807) is 6.92 Å². The Hall–Kier alpha value is -0.420. The molecule has 0 aliphatic carbocycles. The van der Waals surface area contributed by atoms with Gasteiger partial charge in [0.1, 0.15) is 0 Å². The third-order valence-electron chi connectivity index (χ3n) is 0.954. The molecule has 0 rings (SSSR count). The van der Waals surface area contributed by atoms with Crippen LogP contribution in [0, 0.1) is 5.41 Å². The van der Waals surface area contributed by atoms with Gasteiger partial charge in [0.25, 0.3) is 10.1 Å². The molecule has 0 unspecified atom stereocenters. The van der Waals surface area contributed by atoms with E-state index in [9.17, 15) is 8.42 Å². The van der Waals surface area contributed by atoms with Crippen LogP contribution >= 0.6 is 0 Å². The van der Waals surface area contributed by atoms with Gasteiger partial charge in [-0.3, -0.25) is 4.55 Å². The maximum absolute atomic E-state index is 10.1. The first kappa shape index (κ1) is 9.58. The molecule has 0 saturated heterocycles. The lowest BCUT2D eigenvalue weighted by atomic mass is 10.2. The summed E-state index contributed by atoms with van der Waals surface area (Å²) in [6.07, 6.45) is 0.758. The minimum atomic E-state index is -3.82. The van der Waals surface area contributed by atoms with E-state index >= 15 is 0 Å². The quantitative estimate of drug-likeness (QED) is 0.475. The van der Waals surface area contributed by atoms with Crippen LogP contribution < -0.4 is 0 Å². The average Bonchev–Trinajstić information content (AvgIpc) is 1.59. The van der Waals surface area contributed by atoms with E-state index < -0.39 is 10.1 Å². The molecular weight excluding hydrogens is 154 g/mol. The molecule has 2 N–H and O–H groups in total. The van der Waals surface area contributed by atoms with Crippen molar-refractivity contribution in [1.82, 2.24) is 0 Å². The zero-order valence-electron chi connectivity index (χ0n) is 5.79. The zero-order valence-corrected chi connectivity index (χ0v) is 6.61. The molecule has 0 fully saturated rings. The lowest BCUT2D eigenvalue weighted by Crippen LogP contribution is -2.04. The summed E-state index contributed by atoms with van der Waals surface area (Å²) < 4.78 is 28.4. The maximum atomic E-state index is 10.1. The van der Waals surface area contributed by atoms with Crippen LogP contribution in [0.25, 0.3) is 0 Å². The largest absolute Gasteiger partial charge is 0.310 e. The fourth-order valence-corrected chi connectivity index (χ4v) is 1.03. The molecular formula is C5H11NO3S. The van der Waals surface area contributed by atoms with Crippen molar-refractivity contribution in [2.45, 2.75) is 19.8 Å². The van der Waals surface area contributed by atoms with Crippen LogP contribution in [0.5, 0.6) is 0 Å². The summed E-state index contributed by atoms with van der Waals surface area (Å²) in [6, 6.07) is 0. The molecule has 10 heavy (non-hydrogen) atoms. The van der Waals surface area contributed by atoms with Gasteiger partial charge in [-0.1, -0.05) is 0 Å². The van der Waals surface area contributed by atoms with Crippen molar-refractivity contribution in [3.05, 3.63) is 0 Å². The Morgan fingerprint density at radius 3 is 2.40 bits per heavy atom. The van der Waals surface area contributed by atoms with E-state index in [0.29, 0.717) is 18.6 Å². The Labute approximate surface area is 60.5 Å². The van der Waals surface area contributed by atoms with Crippen molar-refractivity contribution in [2.75, 3.05) is 5.75 Å². The van der Waals surface area contributed by atoms with E-state index in [1.165, 1.54) is 0 Å². The number of hydrogen-bond donors (Lipinski definition) is 2. The molecule has 5 heteroatoms. The monoisotopic (exact) mass is 165 g/mol. The first-order chi connectivity index (χ1) is 4.42. The van der Waals surface area contributed by atoms with Gasteiger partial charge in [-0.05, 0) is 19.8 Å². The summed E-state index contributed by atoms with van der Waals surface area (Å²) in [4.78, 5) is 0. The van der Waals surface area contributed by atoms with Gasteiger partial charge < -0.3 is 5.41 Å². The molecule has 0 aromatic carbocycles. The van der Waals surface area contributed by atoms with Gasteiger partial charge in [-0.25, -0.2) is 0 Å². The Balaban J connectivity index is 3.49. The summed E-state index contributed by atoms with van der Waals surface area (Å²) in [5, 5.41) is 6.93. The van der Waals surface area contributed by atoms with Crippen molar-refractivity contribution < 1.29 is 13.0 Å². The van der Waals surface area contributed by atoms with Gasteiger partial charge in [0.15, 0.2) is 0 Å². The average molecular weight is 165 g/mol. The second-order valence-electron chi connectivity index (χ2n) is 2.17. The Bertz CT molecular complexity index is 207. The minimum Gasteiger partial charge on any atom is -0.310 e. The first-order valence-electron chi connectivity index (χ1n) is 2.91. The Morgan fingerprint density at radius 1 is 1.60 bits per heavy atom. The van der Waals surface area contributed by atoms with E-state index in [2.05, 4.69) is 0 Å². The first-order valence-corrected chi connectivity index (χ1v) is 4.52. The summed E-state index contributed by atoms with van der Waals surface area (Å²) in [7, 11) is -3.82. The normalized spacial score (nSPS) is 11.4. The predicted molar refractivity (Wildman–Crippen MR) is 39.1 cm³/mol. The second kappa shape index (κ2) is 3.68. The molecule has 0 spiro atoms. The zero-order chi connectivity index (χ0) is 8.20. The molecule has 0 aliphatic rings. The highest BCUT2D eigenvalue weighted by Gasteiger charge is 2.02.